The van der Waals surface area contributed by atoms with Gasteiger partial charge in [-0.25, -0.2) is 0 Å². The maximum Gasteiger partial charge on any atom is 0.251 e. The lowest BCUT2D eigenvalue weighted by Gasteiger charge is -2.17. The van der Waals surface area contributed by atoms with Crippen LogP contribution in [-0.2, 0) is 4.79 Å². The van der Waals surface area contributed by atoms with E-state index in [4.69, 9.17) is 0 Å². The Morgan fingerprint density at radius 2 is 2.00 bits per heavy atom. The van der Waals surface area contributed by atoms with E-state index in [1.165, 1.54) is 11.3 Å². The van der Waals surface area contributed by atoms with Gasteiger partial charge < -0.3 is 5.32 Å². The summed E-state index contributed by atoms with van der Waals surface area (Å²) in [4.78, 5) is 24.9. The van der Waals surface area contributed by atoms with Crippen molar-refractivity contribution in [2.75, 3.05) is 23.1 Å². The molecule has 6 nitrogen and oxygen atoms in total. The molecule has 1 aromatic heterocycles. The number of nitrogens with zero attached hydrogens (tertiary/aromatic N) is 2. The van der Waals surface area contributed by atoms with Crippen LogP contribution in [0.25, 0.3) is 0 Å². The smallest absolute Gasteiger partial charge is 0.251 e. The topological polar surface area (TPSA) is 84.0 Å². The van der Waals surface area contributed by atoms with Crippen LogP contribution in [0.1, 0.15) is 23.7 Å². The van der Waals surface area contributed by atoms with Gasteiger partial charge in [-0.15, -0.1) is 10.2 Å². The highest BCUT2D eigenvalue weighted by Gasteiger charge is 2.22. The van der Waals surface area contributed by atoms with Crippen LogP contribution < -0.4 is 10.6 Å². The average molecular weight is 397 g/mol. The monoisotopic (exact) mass is 396 g/mol. The van der Waals surface area contributed by atoms with E-state index in [0.717, 1.165) is 15.8 Å². The third-order valence-corrected chi connectivity index (χ3v) is 5.67. The standard InChI is InChI=1S/C16H20N4O2S3/c1-3-24-16-20-19-15(25-16)18-14(22)12(9-10-23-2)17-13(21)11-7-5-4-6-8-11/h4-8,12H,3,9-10H2,1-2H3,(H,17,21)(H,18,19,22)/t12-/m0/s1. The summed E-state index contributed by atoms with van der Waals surface area (Å²) in [5, 5.41) is 14.0. The van der Waals surface area contributed by atoms with Gasteiger partial charge in [-0.2, -0.15) is 11.8 Å². The molecule has 1 heterocycles. The van der Waals surface area contributed by atoms with E-state index in [9.17, 15) is 9.59 Å². The normalized spacial score (nSPS) is 11.8. The minimum absolute atomic E-state index is 0.263. The average Bonchev–Trinajstić information content (AvgIpc) is 3.06. The lowest BCUT2D eigenvalue weighted by Crippen LogP contribution is -2.44. The highest BCUT2D eigenvalue weighted by molar-refractivity contribution is 8.01. The molecule has 134 valence electrons. The molecule has 1 aromatic carbocycles. The van der Waals surface area contributed by atoms with Crippen LogP contribution in [0, 0.1) is 0 Å². The van der Waals surface area contributed by atoms with Crippen molar-refractivity contribution in [1.29, 1.82) is 0 Å². The molecule has 0 aliphatic carbocycles. The van der Waals surface area contributed by atoms with E-state index >= 15 is 0 Å². The second-order valence-electron chi connectivity index (χ2n) is 4.97. The Morgan fingerprint density at radius 3 is 2.68 bits per heavy atom. The lowest BCUT2D eigenvalue weighted by atomic mass is 10.1. The molecule has 0 bridgehead atoms. The molecule has 0 aliphatic heterocycles. The van der Waals surface area contributed by atoms with Gasteiger partial charge >= 0.3 is 0 Å². The number of carbonyl (C=O) groups excluding carboxylic acids is 2. The summed E-state index contributed by atoms with van der Waals surface area (Å²) >= 11 is 4.53. The van der Waals surface area contributed by atoms with Crippen LogP contribution in [0.2, 0.25) is 0 Å². The molecule has 25 heavy (non-hydrogen) atoms. The maximum absolute atomic E-state index is 12.5. The lowest BCUT2D eigenvalue weighted by molar-refractivity contribution is -0.118. The van der Waals surface area contributed by atoms with E-state index in [2.05, 4.69) is 20.8 Å². The summed E-state index contributed by atoms with van der Waals surface area (Å²) in [5.41, 5.74) is 0.530. The Hall–Kier alpha value is -1.58. The fourth-order valence-electron chi connectivity index (χ4n) is 1.97. The maximum atomic E-state index is 12.5. The number of hydrogen-bond donors (Lipinski definition) is 2. The third kappa shape index (κ3) is 6.33. The predicted octanol–water partition coefficient (Wildman–Crippen LogP) is 3.14. The highest BCUT2D eigenvalue weighted by atomic mass is 32.2. The van der Waals surface area contributed by atoms with Crippen LogP contribution in [0.3, 0.4) is 0 Å². The Kier molecular flexibility index (Phi) is 8.23. The number of anilines is 1. The Balaban J connectivity index is 2.01. The molecule has 1 atom stereocenters. The number of rotatable bonds is 9. The van der Waals surface area contributed by atoms with Gasteiger partial charge in [-0.3, -0.25) is 14.9 Å². The minimum Gasteiger partial charge on any atom is -0.340 e. The number of carbonyl (C=O) groups is 2. The van der Waals surface area contributed by atoms with Crippen molar-refractivity contribution in [2.45, 2.75) is 23.7 Å². The number of nitrogens with one attached hydrogen (secondary N) is 2. The number of hydrogen-bond acceptors (Lipinski definition) is 7. The van der Waals surface area contributed by atoms with Crippen LogP contribution in [0.15, 0.2) is 34.7 Å². The van der Waals surface area contributed by atoms with E-state index in [-0.39, 0.29) is 11.8 Å². The molecule has 2 rings (SSSR count). The van der Waals surface area contributed by atoms with Gasteiger partial charge in [0.25, 0.3) is 5.91 Å². The molecular weight excluding hydrogens is 376 g/mol. The van der Waals surface area contributed by atoms with Crippen molar-refractivity contribution in [3.8, 4) is 0 Å². The van der Waals surface area contributed by atoms with Gasteiger partial charge in [0, 0.05) is 5.56 Å². The number of amides is 2. The Bertz CT molecular complexity index is 694. The first-order chi connectivity index (χ1) is 12.1. The molecule has 2 N–H and O–H groups in total. The van der Waals surface area contributed by atoms with Crippen molar-refractivity contribution >= 4 is 51.8 Å². The molecule has 0 saturated heterocycles. The molecule has 2 amide bonds. The molecule has 2 aromatic rings. The predicted molar refractivity (Wildman–Crippen MR) is 106 cm³/mol. The largest absolute Gasteiger partial charge is 0.340 e. The van der Waals surface area contributed by atoms with Crippen LogP contribution in [0.4, 0.5) is 5.13 Å². The third-order valence-electron chi connectivity index (χ3n) is 3.17. The molecule has 0 saturated carbocycles. The summed E-state index contributed by atoms with van der Waals surface area (Å²) in [6.07, 6.45) is 2.51. The van der Waals surface area contributed by atoms with Gasteiger partial charge in [0.2, 0.25) is 11.0 Å². The van der Waals surface area contributed by atoms with Gasteiger partial charge in [0.05, 0.1) is 0 Å². The Labute approximate surface area is 159 Å². The second kappa shape index (κ2) is 10.4. The zero-order valence-corrected chi connectivity index (χ0v) is 16.5. The highest BCUT2D eigenvalue weighted by Crippen LogP contribution is 2.25. The van der Waals surface area contributed by atoms with E-state index < -0.39 is 6.04 Å². The molecule has 9 heteroatoms. The van der Waals surface area contributed by atoms with Crippen LogP contribution in [-0.4, -0.2) is 45.8 Å². The van der Waals surface area contributed by atoms with E-state index in [0.29, 0.717) is 17.1 Å². The molecular formula is C16H20N4O2S3. The van der Waals surface area contributed by atoms with Crippen molar-refractivity contribution < 1.29 is 9.59 Å². The summed E-state index contributed by atoms with van der Waals surface area (Å²) in [6.45, 7) is 2.03. The second-order valence-corrected chi connectivity index (χ2v) is 8.44. The summed E-state index contributed by atoms with van der Waals surface area (Å²) in [6, 6.07) is 8.25. The zero-order chi connectivity index (χ0) is 18.1. The van der Waals surface area contributed by atoms with Crippen molar-refractivity contribution in [3.63, 3.8) is 0 Å². The summed E-state index contributed by atoms with van der Waals surface area (Å²) in [5.74, 6) is 1.12. The van der Waals surface area contributed by atoms with E-state index in [1.54, 1.807) is 47.8 Å². The number of thioether (sulfide) groups is 2. The first kappa shape index (κ1) is 19.7. The number of aromatic nitrogens is 2. The molecule has 0 unspecified atom stereocenters. The van der Waals surface area contributed by atoms with E-state index in [1.807, 2.05) is 19.2 Å². The molecule has 0 radical (unpaired) electrons. The van der Waals surface area contributed by atoms with Crippen molar-refractivity contribution in [3.05, 3.63) is 35.9 Å². The van der Waals surface area contributed by atoms with Gasteiger partial charge in [0.15, 0.2) is 4.34 Å². The SMILES string of the molecule is CCSc1nnc(NC(=O)[C@H](CCSC)NC(=O)c2ccccc2)s1. The van der Waals surface area contributed by atoms with Crippen molar-refractivity contribution in [1.82, 2.24) is 15.5 Å². The van der Waals surface area contributed by atoms with Gasteiger partial charge in [-0.1, -0.05) is 48.2 Å². The zero-order valence-electron chi connectivity index (χ0n) is 14.0. The molecule has 0 fully saturated rings. The number of benzene rings is 1. The van der Waals surface area contributed by atoms with Crippen LogP contribution >= 0.6 is 34.9 Å². The van der Waals surface area contributed by atoms with Crippen molar-refractivity contribution in [2.24, 2.45) is 0 Å². The van der Waals surface area contributed by atoms with Gasteiger partial charge in [-0.05, 0) is 36.3 Å². The van der Waals surface area contributed by atoms with Gasteiger partial charge in [0.1, 0.15) is 6.04 Å². The van der Waals surface area contributed by atoms with Crippen LogP contribution in [0.5, 0.6) is 0 Å². The first-order valence-corrected chi connectivity index (χ1v) is 11.0. The molecule has 0 spiro atoms. The minimum atomic E-state index is -0.619. The Morgan fingerprint density at radius 1 is 1.24 bits per heavy atom. The molecule has 0 aliphatic rings. The fourth-order valence-corrected chi connectivity index (χ4v) is 4.09. The summed E-state index contributed by atoms with van der Waals surface area (Å²) < 4.78 is 0.812. The fraction of sp³-hybridized carbons (Fsp3) is 0.375. The quantitative estimate of drug-likeness (QED) is 0.500. The summed E-state index contributed by atoms with van der Waals surface area (Å²) in [7, 11) is 0. The first-order valence-electron chi connectivity index (χ1n) is 7.76.